The monoisotopic (exact) mass is 1830 g/mol. The highest BCUT2D eigenvalue weighted by Gasteiger charge is 2.45. The summed E-state index contributed by atoms with van der Waals surface area (Å²) >= 11 is 0. The molecule has 0 bridgehead atoms. The number of rotatable bonds is 0. The predicted molar refractivity (Wildman–Crippen MR) is 550 cm³/mol. The van der Waals surface area contributed by atoms with Gasteiger partial charge in [0.05, 0.1) is 54.6 Å². The first-order chi connectivity index (χ1) is 70.1. The first-order valence-corrected chi connectivity index (χ1v) is 51.0. The van der Waals surface area contributed by atoms with Gasteiger partial charge in [0.15, 0.2) is 16.7 Å². The Morgan fingerprint density at radius 2 is 0.549 bits per heavy atom. The molecule has 14 aliphatic heterocycles. The molecule has 142 heavy (non-hydrogen) atoms. The van der Waals surface area contributed by atoms with Gasteiger partial charge in [0.25, 0.3) is 39.5 Å². The third-order valence-corrected chi connectivity index (χ3v) is 35.3. The van der Waals surface area contributed by atoms with Crippen molar-refractivity contribution in [2.24, 2.45) is 0 Å². The Hall–Kier alpha value is -16.9. The van der Waals surface area contributed by atoms with Crippen molar-refractivity contribution in [3.63, 3.8) is 0 Å². The molecule has 0 unspecified atom stereocenters. The average Bonchev–Trinajstić information content (AvgIpc) is 1.39. The van der Waals surface area contributed by atoms with Crippen LogP contribution >= 0.6 is 0 Å². The van der Waals surface area contributed by atoms with Gasteiger partial charge >= 0.3 is 0 Å². The highest BCUT2D eigenvalue weighted by Crippen LogP contribution is 2.48. The summed E-state index contributed by atoms with van der Waals surface area (Å²) in [5.74, 6) is 0. The van der Waals surface area contributed by atoms with Crippen molar-refractivity contribution < 1.29 is 32.0 Å². The minimum absolute atomic E-state index is 0.190. The van der Waals surface area contributed by atoms with Gasteiger partial charge < -0.3 is 0 Å². The summed E-state index contributed by atoms with van der Waals surface area (Å²) in [5.41, 5.74) is 51.6. The lowest BCUT2D eigenvalue weighted by atomic mass is 9.79. The van der Waals surface area contributed by atoms with Gasteiger partial charge in [-0.05, 0) is 74.9 Å². The molecule has 14 aliphatic rings. The molecule has 28 aromatic rings. The van der Waals surface area contributed by atoms with Crippen LogP contribution in [0.15, 0.2) is 263 Å². The van der Waals surface area contributed by atoms with E-state index in [1.807, 2.05) is 49.6 Å². The molecule has 0 saturated carbocycles. The molecule has 8 aromatic carbocycles. The van der Waals surface area contributed by atoms with E-state index in [0.29, 0.717) is 0 Å². The number of para-hydroxylation sites is 4. The van der Waals surface area contributed by atoms with Gasteiger partial charge in [-0.3, -0.25) is 29.9 Å². The number of aryl methyl sites for hydroxylation is 12. The fourth-order valence-corrected chi connectivity index (χ4v) is 29.7. The van der Waals surface area contributed by atoms with Crippen molar-refractivity contribution in [3.05, 3.63) is 381 Å². The number of aromatic nitrogens is 20. The second-order valence-electron chi connectivity index (χ2n) is 43.0. The van der Waals surface area contributed by atoms with Crippen molar-refractivity contribution in [2.45, 2.75) is 149 Å². The molecule has 0 spiro atoms. The minimum Gasteiger partial charge on any atom is -0.264 e. The molecule has 0 N–H and O–H groups in total. The van der Waals surface area contributed by atoms with E-state index in [4.69, 9.17) is 9.97 Å². The summed E-state index contributed by atoms with van der Waals surface area (Å²) in [7, 11) is 0. The van der Waals surface area contributed by atoms with Crippen LogP contribution in [0.5, 0.6) is 0 Å². The first-order valence-electron chi connectivity index (χ1n) is 51.0. The zero-order valence-electron chi connectivity index (χ0n) is 78.4. The second-order valence-corrected chi connectivity index (χ2v) is 43.0. The van der Waals surface area contributed by atoms with Crippen LogP contribution in [0.4, 0.5) is 0 Å². The normalized spacial score (nSPS) is 15.7. The van der Waals surface area contributed by atoms with E-state index in [2.05, 4.69) is 310 Å². The standard InChI is InChI=1S/C20H17N2.6C17H12N3/c1-20(2)9-12-5-3-8-15-14-7-4-6-13-10-21-11-16(20)22(18(12)15)19(21)17(13)14;1-2-11-8-19-9-12-5-4-10-6-18-7-14-13(3-1)15(11)17(19)20(12)16(10)14;1-2-10-4-5-12-9-19-8-11-6-18-7-14-13(3-1)16(10)20(12)17(19)15(11)14;1-2-11-8-19-9-12-5-4-10-6-7-18-15-13(3-1)14(11)17(19)20(12)16(10)15;1-2-10-8-19-9-11-4-5-14-16-13(6-7-18-14)12(3-1)15(10)17(19)20(11)16;1-2-10-4-5-12-9-19-8-11-6-7-18-15-13(3-1)16(10)20(12)17(19)14(11)15;1-2-10-4-5-11-8-19-9-14-15-12(6-7-18-14)13(3-1)16(10)20(11)17(15)19/h3-8,11H,9-10H2,1-2H3;5*1-3,6-7,9H,4-5,8H2;1-3,6-8H,4-5,9H2/q7*+1. The van der Waals surface area contributed by atoms with Crippen LogP contribution in [0.25, 0.3) is 192 Å². The third kappa shape index (κ3) is 9.31. The molecule has 0 amide bonds. The van der Waals surface area contributed by atoms with Crippen molar-refractivity contribution in [2.75, 3.05) is 0 Å². The van der Waals surface area contributed by atoms with E-state index >= 15 is 0 Å². The zero-order chi connectivity index (χ0) is 91.7. The maximum absolute atomic E-state index is 4.71. The molecule has 42 rings (SSSR count). The zero-order valence-corrected chi connectivity index (χ0v) is 78.4. The SMILES string of the molecule is CC1(C)Cc2cccc3c4cccc5c4c4n(c1c[n+]4C5)c23.c1cc2c3c(c1)c1ccnc4c1c1n3c(c[n+]1C4)CC2.c1cc2c3c(c1)c1ccnc4c1n1c(c[n+](c31)C2)CC4.c1cc2c3c(c1)c1cncc4c1c1n3c(c[n+]1C4)CC2.c1cc2c3c(c1)c1cncc4c1n1c(c[n+](c31)C2)CC4.c1cc2c3c(c1)c1nccc4c1c1n3c(c[n+]1C4)CC2.c1cc2c3c(c1)c1nccc4c1n1c(c[n+](c31)C2)CC4. The first kappa shape index (κ1) is 75.2. The summed E-state index contributed by atoms with van der Waals surface area (Å²) in [6.45, 7) is 11.7. The average molecular weight is 1840 g/mol. The van der Waals surface area contributed by atoms with E-state index in [1.165, 1.54) is 304 Å². The van der Waals surface area contributed by atoms with Crippen LogP contribution in [-0.2, 0) is 135 Å². The van der Waals surface area contributed by atoms with Gasteiger partial charge in [-0.15, -0.1) is 0 Å². The molecule has 20 aromatic heterocycles. The molecule has 0 saturated heterocycles. The fraction of sp³-hybridized carbons (Fsp3) is 0.189. The lowest BCUT2D eigenvalue weighted by molar-refractivity contribution is -0.658. The molecule has 0 fully saturated rings. The van der Waals surface area contributed by atoms with Crippen LogP contribution in [0.1, 0.15) is 132 Å². The molecule has 20 nitrogen and oxygen atoms in total. The number of pyridine rings is 13. The topological polar surface area (TPSA) is 135 Å². The van der Waals surface area contributed by atoms with Gasteiger partial charge in [-0.2, -0.15) is 30.8 Å². The molecular formula is C122H89N20+7. The van der Waals surface area contributed by atoms with E-state index < -0.39 is 0 Å². The van der Waals surface area contributed by atoms with E-state index in [9.17, 15) is 0 Å². The van der Waals surface area contributed by atoms with Crippen LogP contribution in [0, 0.1) is 0 Å². The van der Waals surface area contributed by atoms with Crippen LogP contribution in [0.2, 0.25) is 0 Å². The number of nitrogens with zero attached hydrogens (tertiary/aromatic N) is 20. The van der Waals surface area contributed by atoms with Gasteiger partial charge in [-0.25, -0.2) is 32.0 Å². The fourth-order valence-electron chi connectivity index (χ4n) is 29.7. The van der Waals surface area contributed by atoms with Crippen LogP contribution in [0.3, 0.4) is 0 Å². The second kappa shape index (κ2) is 26.2. The van der Waals surface area contributed by atoms with E-state index in [0.717, 1.165) is 135 Å². The van der Waals surface area contributed by atoms with E-state index in [1.54, 1.807) is 0 Å². The van der Waals surface area contributed by atoms with Crippen LogP contribution in [-0.4, -0.2) is 60.7 Å². The van der Waals surface area contributed by atoms with Crippen molar-refractivity contribution >= 4 is 192 Å². The Morgan fingerprint density at radius 3 is 1.11 bits per heavy atom. The summed E-state index contributed by atoms with van der Waals surface area (Å²) in [6.07, 6.45) is 47.0. The quantitative estimate of drug-likeness (QED) is 0.110. The number of benzene rings is 8. The predicted octanol–water partition coefficient (Wildman–Crippen LogP) is 18.1. The highest BCUT2D eigenvalue weighted by atomic mass is 15.2. The number of hydrogen-bond acceptors (Lipinski definition) is 6. The lowest BCUT2D eigenvalue weighted by Crippen LogP contribution is -2.30. The van der Waals surface area contributed by atoms with Crippen molar-refractivity contribution in [3.8, 4) is 0 Å². The Bertz CT molecular complexity index is 9700. The highest BCUT2D eigenvalue weighted by molar-refractivity contribution is 6.20. The Balaban J connectivity index is 0.0000000696. The number of imidazole rings is 7. The number of fused-ring (bicyclic) bond motifs is 7. The third-order valence-electron chi connectivity index (χ3n) is 35.3. The summed E-state index contributed by atoms with van der Waals surface area (Å²) in [6, 6.07) is 62.5. The molecule has 0 aliphatic carbocycles. The maximum atomic E-state index is 4.71. The van der Waals surface area contributed by atoms with Crippen molar-refractivity contribution in [1.29, 1.82) is 0 Å². The lowest BCUT2D eigenvalue weighted by Gasteiger charge is -2.26. The Morgan fingerprint density at radius 1 is 0.218 bits per heavy atom. The smallest absolute Gasteiger partial charge is 0.264 e. The Labute approximate surface area is 808 Å². The summed E-state index contributed by atoms with van der Waals surface area (Å²) < 4.78 is 34.3. The van der Waals surface area contributed by atoms with Gasteiger partial charge in [-0.1, -0.05) is 147 Å². The summed E-state index contributed by atoms with van der Waals surface area (Å²) in [5, 5.41) is 26.0. The molecule has 0 radical (unpaired) electrons. The maximum Gasteiger partial charge on any atom is 0.297 e. The molecular weight excluding hydrogens is 1750 g/mol. The van der Waals surface area contributed by atoms with Gasteiger partial charge in [0, 0.05) is 231 Å². The largest absolute Gasteiger partial charge is 0.297 e. The molecule has 20 heteroatoms. The van der Waals surface area contributed by atoms with Gasteiger partial charge in [0.1, 0.15) is 156 Å². The summed E-state index contributed by atoms with van der Waals surface area (Å²) in [4.78, 5) is 27.6. The minimum atomic E-state index is 0.190. The molecule has 0 atom stereocenters. The number of hydrogen-bond donors (Lipinski definition) is 0. The molecule has 34 heterocycles. The van der Waals surface area contributed by atoms with Crippen LogP contribution < -0.4 is 32.0 Å². The molecule has 670 valence electrons. The van der Waals surface area contributed by atoms with E-state index in [-0.39, 0.29) is 5.41 Å². The van der Waals surface area contributed by atoms with Gasteiger partial charge in [0.2, 0.25) is 0 Å². The van der Waals surface area contributed by atoms with Crippen molar-refractivity contribution in [1.82, 2.24) is 60.7 Å². The Kier molecular flexibility index (Phi) is 13.9.